The minimum atomic E-state index is 0.343. The van der Waals surface area contributed by atoms with Crippen LogP contribution >= 0.6 is 0 Å². The van der Waals surface area contributed by atoms with E-state index in [1.54, 1.807) is 6.08 Å². The maximum atomic E-state index is 5.51. The molecule has 1 heteroatoms. The van der Waals surface area contributed by atoms with Gasteiger partial charge in [-0.1, -0.05) is 24.6 Å². The normalized spacial score (nSPS) is 24.5. The third-order valence-corrected chi connectivity index (χ3v) is 1.89. The highest BCUT2D eigenvalue weighted by Crippen LogP contribution is 2.13. The van der Waals surface area contributed by atoms with Crippen molar-refractivity contribution < 1.29 is 4.74 Å². The number of allylic oxidation sites excluding steroid dienone is 1. The monoisotopic (exact) mass is 152 g/mol. The van der Waals surface area contributed by atoms with Gasteiger partial charge in [0, 0.05) is 0 Å². The predicted octanol–water partition coefficient (Wildman–Crippen LogP) is 2.69. The molecule has 1 rings (SSSR count). The molecule has 1 aliphatic rings. The lowest BCUT2D eigenvalue weighted by Gasteiger charge is -2.09. The summed E-state index contributed by atoms with van der Waals surface area (Å²) in [6.07, 6.45) is 11.5. The summed E-state index contributed by atoms with van der Waals surface area (Å²) in [6.45, 7) is 4.30. The van der Waals surface area contributed by atoms with Crippen molar-refractivity contribution in [1.82, 2.24) is 0 Å². The van der Waals surface area contributed by atoms with Gasteiger partial charge in [0.2, 0.25) is 0 Å². The SMILES string of the molecule is C=CCOC1C=CCCCC1. The lowest BCUT2D eigenvalue weighted by Crippen LogP contribution is -2.08. The Hall–Kier alpha value is -0.560. The van der Waals surface area contributed by atoms with Crippen LogP contribution < -0.4 is 0 Å². The first-order valence-electron chi connectivity index (χ1n) is 4.32. The van der Waals surface area contributed by atoms with Crippen molar-refractivity contribution in [2.45, 2.75) is 31.8 Å². The molecule has 0 aromatic carbocycles. The van der Waals surface area contributed by atoms with E-state index in [1.165, 1.54) is 25.7 Å². The number of hydrogen-bond acceptors (Lipinski definition) is 1. The first-order chi connectivity index (χ1) is 5.43. The Kier molecular flexibility index (Phi) is 3.99. The first kappa shape index (κ1) is 8.54. The summed E-state index contributed by atoms with van der Waals surface area (Å²) in [7, 11) is 0. The van der Waals surface area contributed by atoms with E-state index in [4.69, 9.17) is 4.74 Å². The molecule has 0 radical (unpaired) electrons. The molecule has 0 heterocycles. The maximum Gasteiger partial charge on any atom is 0.0760 e. The quantitative estimate of drug-likeness (QED) is 0.565. The van der Waals surface area contributed by atoms with Crippen molar-refractivity contribution in [2.75, 3.05) is 6.61 Å². The van der Waals surface area contributed by atoms with Crippen LogP contribution in [-0.2, 0) is 4.74 Å². The molecule has 0 bridgehead atoms. The van der Waals surface area contributed by atoms with Crippen LogP contribution in [0.25, 0.3) is 0 Å². The zero-order chi connectivity index (χ0) is 7.94. The van der Waals surface area contributed by atoms with E-state index in [9.17, 15) is 0 Å². The van der Waals surface area contributed by atoms with Gasteiger partial charge in [-0.15, -0.1) is 6.58 Å². The summed E-state index contributed by atoms with van der Waals surface area (Å²) in [5.41, 5.74) is 0. The Morgan fingerprint density at radius 2 is 2.45 bits per heavy atom. The number of rotatable bonds is 3. The topological polar surface area (TPSA) is 9.23 Å². The molecular weight excluding hydrogens is 136 g/mol. The van der Waals surface area contributed by atoms with E-state index >= 15 is 0 Å². The summed E-state index contributed by atoms with van der Waals surface area (Å²) in [5.74, 6) is 0. The maximum absolute atomic E-state index is 5.51. The van der Waals surface area contributed by atoms with Crippen LogP contribution in [-0.4, -0.2) is 12.7 Å². The van der Waals surface area contributed by atoms with Gasteiger partial charge >= 0.3 is 0 Å². The van der Waals surface area contributed by atoms with E-state index < -0.39 is 0 Å². The fourth-order valence-corrected chi connectivity index (χ4v) is 1.28. The lowest BCUT2D eigenvalue weighted by molar-refractivity contribution is 0.102. The molecule has 1 nitrogen and oxygen atoms in total. The summed E-state index contributed by atoms with van der Waals surface area (Å²) in [6, 6.07) is 0. The number of hydrogen-bond donors (Lipinski definition) is 0. The average molecular weight is 152 g/mol. The zero-order valence-corrected chi connectivity index (χ0v) is 6.96. The molecule has 1 aliphatic carbocycles. The van der Waals surface area contributed by atoms with Gasteiger partial charge in [0.15, 0.2) is 0 Å². The van der Waals surface area contributed by atoms with Crippen LogP contribution in [0.3, 0.4) is 0 Å². The van der Waals surface area contributed by atoms with Crippen LogP contribution in [0.2, 0.25) is 0 Å². The van der Waals surface area contributed by atoms with Crippen LogP contribution in [0.1, 0.15) is 25.7 Å². The molecule has 1 atom stereocenters. The minimum Gasteiger partial charge on any atom is -0.370 e. The smallest absolute Gasteiger partial charge is 0.0760 e. The standard InChI is InChI=1S/C10H16O/c1-2-9-11-10-7-5-3-4-6-8-10/h2,5,7,10H,1,3-4,6,8-9H2. The Morgan fingerprint density at radius 3 is 3.27 bits per heavy atom. The van der Waals surface area contributed by atoms with Crippen molar-refractivity contribution >= 4 is 0 Å². The van der Waals surface area contributed by atoms with Gasteiger partial charge in [0.1, 0.15) is 0 Å². The van der Waals surface area contributed by atoms with Gasteiger partial charge in [-0.25, -0.2) is 0 Å². The first-order valence-corrected chi connectivity index (χ1v) is 4.32. The van der Waals surface area contributed by atoms with E-state index in [0.717, 1.165) is 0 Å². The van der Waals surface area contributed by atoms with Crippen molar-refractivity contribution in [3.05, 3.63) is 24.8 Å². The zero-order valence-electron chi connectivity index (χ0n) is 6.96. The molecular formula is C10H16O. The second kappa shape index (κ2) is 5.14. The number of ether oxygens (including phenoxy) is 1. The third kappa shape index (κ3) is 3.38. The molecule has 62 valence electrons. The molecule has 0 N–H and O–H groups in total. The Labute approximate surface area is 68.8 Å². The molecule has 0 saturated carbocycles. The lowest BCUT2D eigenvalue weighted by atomic mass is 10.2. The van der Waals surface area contributed by atoms with E-state index in [0.29, 0.717) is 12.7 Å². The van der Waals surface area contributed by atoms with Gasteiger partial charge in [-0.3, -0.25) is 0 Å². The highest BCUT2D eigenvalue weighted by molar-refractivity contribution is 4.92. The molecule has 0 aromatic rings. The van der Waals surface area contributed by atoms with E-state index in [2.05, 4.69) is 18.7 Å². The van der Waals surface area contributed by atoms with Gasteiger partial charge in [0.05, 0.1) is 12.7 Å². The van der Waals surface area contributed by atoms with Gasteiger partial charge in [0.25, 0.3) is 0 Å². The highest BCUT2D eigenvalue weighted by Gasteiger charge is 2.05. The van der Waals surface area contributed by atoms with Crippen molar-refractivity contribution in [2.24, 2.45) is 0 Å². The molecule has 11 heavy (non-hydrogen) atoms. The van der Waals surface area contributed by atoms with Crippen molar-refractivity contribution in [3.8, 4) is 0 Å². The van der Waals surface area contributed by atoms with Gasteiger partial charge in [-0.2, -0.15) is 0 Å². The summed E-state index contributed by atoms with van der Waals surface area (Å²) in [4.78, 5) is 0. The van der Waals surface area contributed by atoms with Crippen molar-refractivity contribution in [3.63, 3.8) is 0 Å². The molecule has 0 saturated heterocycles. The Morgan fingerprint density at radius 1 is 1.55 bits per heavy atom. The predicted molar refractivity (Wildman–Crippen MR) is 47.5 cm³/mol. The fourth-order valence-electron chi connectivity index (χ4n) is 1.28. The van der Waals surface area contributed by atoms with E-state index in [-0.39, 0.29) is 0 Å². The largest absolute Gasteiger partial charge is 0.370 e. The molecule has 0 fully saturated rings. The fraction of sp³-hybridized carbons (Fsp3) is 0.600. The molecule has 0 amide bonds. The van der Waals surface area contributed by atoms with Crippen molar-refractivity contribution in [1.29, 1.82) is 0 Å². The van der Waals surface area contributed by atoms with Crippen LogP contribution in [0, 0.1) is 0 Å². The van der Waals surface area contributed by atoms with Crippen LogP contribution in [0.4, 0.5) is 0 Å². The molecule has 0 spiro atoms. The summed E-state index contributed by atoms with van der Waals surface area (Å²) >= 11 is 0. The highest BCUT2D eigenvalue weighted by atomic mass is 16.5. The average Bonchev–Trinajstić information content (AvgIpc) is 2.28. The third-order valence-electron chi connectivity index (χ3n) is 1.89. The second-order valence-electron chi connectivity index (χ2n) is 2.87. The van der Waals surface area contributed by atoms with Gasteiger partial charge < -0.3 is 4.74 Å². The van der Waals surface area contributed by atoms with Gasteiger partial charge in [-0.05, 0) is 19.3 Å². The minimum absolute atomic E-state index is 0.343. The summed E-state index contributed by atoms with van der Waals surface area (Å²) < 4.78 is 5.51. The van der Waals surface area contributed by atoms with Crippen LogP contribution in [0.5, 0.6) is 0 Å². The molecule has 0 aliphatic heterocycles. The Bertz CT molecular complexity index is 138. The molecule has 0 aromatic heterocycles. The van der Waals surface area contributed by atoms with Crippen LogP contribution in [0.15, 0.2) is 24.8 Å². The molecule has 1 unspecified atom stereocenters. The second-order valence-corrected chi connectivity index (χ2v) is 2.87. The van der Waals surface area contributed by atoms with E-state index in [1.807, 2.05) is 0 Å². The Balaban J connectivity index is 2.24. The summed E-state index contributed by atoms with van der Waals surface area (Å²) in [5, 5.41) is 0.